The van der Waals surface area contributed by atoms with E-state index in [4.69, 9.17) is 4.74 Å². The number of anilines is 1. The fourth-order valence-corrected chi connectivity index (χ4v) is 1.78. The third-order valence-corrected chi connectivity index (χ3v) is 2.44. The normalized spacial score (nSPS) is 19.5. The first-order valence-electron chi connectivity index (χ1n) is 4.96. The lowest BCUT2D eigenvalue weighted by atomic mass is 10.1. The second kappa shape index (κ2) is 4.59. The Bertz CT molecular complexity index is 300. The van der Waals surface area contributed by atoms with Crippen LogP contribution in [0.1, 0.15) is 13.8 Å². The summed E-state index contributed by atoms with van der Waals surface area (Å²) in [4.78, 5) is 6.44. The van der Waals surface area contributed by atoms with Crippen LogP contribution in [-0.4, -0.2) is 30.3 Å². The average Bonchev–Trinajstić information content (AvgIpc) is 2.18. The third-order valence-electron chi connectivity index (χ3n) is 2.44. The van der Waals surface area contributed by atoms with E-state index in [0.717, 1.165) is 19.7 Å². The van der Waals surface area contributed by atoms with E-state index in [1.165, 1.54) is 5.69 Å². The quantitative estimate of drug-likeness (QED) is 0.767. The first-order valence-corrected chi connectivity index (χ1v) is 4.96. The molecular weight excluding hydrogens is 190 g/mol. The highest BCUT2D eigenvalue weighted by Gasteiger charge is 2.27. The molecule has 1 aromatic rings. The van der Waals surface area contributed by atoms with Crippen molar-refractivity contribution in [2.75, 3.05) is 24.6 Å². The van der Waals surface area contributed by atoms with Crippen LogP contribution >= 0.6 is 0 Å². The smallest absolute Gasteiger partial charge is 0.0801 e. The molecule has 2 heterocycles. The lowest BCUT2D eigenvalue weighted by molar-refractivity contribution is -0.0277. The maximum absolute atomic E-state index is 5.65. The Morgan fingerprint density at radius 3 is 2.87 bits per heavy atom. The molecule has 1 fully saturated rings. The molecule has 1 aliphatic rings. The van der Waals surface area contributed by atoms with Crippen LogP contribution in [0.5, 0.6) is 0 Å². The highest BCUT2D eigenvalue weighted by atomic mass is 16.5. The first-order chi connectivity index (χ1) is 6.67. The van der Waals surface area contributed by atoms with Crippen molar-refractivity contribution in [3.63, 3.8) is 0 Å². The summed E-state index contributed by atoms with van der Waals surface area (Å²) in [6, 6.07) is 4.06. The molecule has 0 aliphatic carbocycles. The molecule has 15 heavy (non-hydrogen) atoms. The van der Waals surface area contributed by atoms with Gasteiger partial charge in [-0.05, 0) is 26.0 Å². The standard InChI is InChI=1S/C11H16N2O.H3N/c1-11(2)9-13(6-7-14-11)10-4-3-5-12-8-10;/h3-5,8H,6-7,9H2,1-2H3;1H3. The maximum Gasteiger partial charge on any atom is 0.0801 e. The first kappa shape index (κ1) is 11.9. The van der Waals surface area contributed by atoms with E-state index < -0.39 is 0 Å². The van der Waals surface area contributed by atoms with Crippen molar-refractivity contribution in [3.8, 4) is 0 Å². The topological polar surface area (TPSA) is 60.4 Å². The molecule has 0 aromatic carbocycles. The summed E-state index contributed by atoms with van der Waals surface area (Å²) in [6.45, 7) is 6.92. The highest BCUT2D eigenvalue weighted by Crippen LogP contribution is 2.21. The van der Waals surface area contributed by atoms with Crippen molar-refractivity contribution in [3.05, 3.63) is 24.5 Å². The number of nitrogens with zero attached hydrogens (tertiary/aromatic N) is 2. The summed E-state index contributed by atoms with van der Waals surface area (Å²) in [5.41, 5.74) is 1.14. The van der Waals surface area contributed by atoms with E-state index >= 15 is 0 Å². The molecule has 4 nitrogen and oxygen atoms in total. The number of morpholine rings is 1. The molecule has 3 N–H and O–H groups in total. The Hall–Kier alpha value is -1.13. The number of hydrogen-bond donors (Lipinski definition) is 1. The highest BCUT2D eigenvalue weighted by molar-refractivity contribution is 5.44. The largest absolute Gasteiger partial charge is 0.372 e. The van der Waals surface area contributed by atoms with E-state index in [1.54, 1.807) is 6.20 Å². The summed E-state index contributed by atoms with van der Waals surface area (Å²) in [5, 5.41) is 0. The Morgan fingerprint density at radius 2 is 2.27 bits per heavy atom. The maximum atomic E-state index is 5.65. The molecular formula is C11H19N3O. The Kier molecular flexibility index (Phi) is 3.66. The van der Waals surface area contributed by atoms with Crippen molar-refractivity contribution < 1.29 is 4.74 Å². The van der Waals surface area contributed by atoms with Gasteiger partial charge in [-0.3, -0.25) is 4.98 Å². The molecule has 0 atom stereocenters. The van der Waals surface area contributed by atoms with Gasteiger partial charge in [-0.25, -0.2) is 0 Å². The van der Waals surface area contributed by atoms with Crippen molar-refractivity contribution in [2.45, 2.75) is 19.4 Å². The van der Waals surface area contributed by atoms with Gasteiger partial charge in [0.1, 0.15) is 0 Å². The van der Waals surface area contributed by atoms with E-state index in [1.807, 2.05) is 12.3 Å². The van der Waals surface area contributed by atoms with E-state index in [2.05, 4.69) is 29.8 Å². The van der Waals surface area contributed by atoms with Gasteiger partial charge < -0.3 is 15.8 Å². The number of ether oxygens (including phenoxy) is 1. The van der Waals surface area contributed by atoms with Gasteiger partial charge >= 0.3 is 0 Å². The average molecular weight is 209 g/mol. The predicted molar refractivity (Wildman–Crippen MR) is 61.5 cm³/mol. The van der Waals surface area contributed by atoms with Crippen LogP contribution in [0.15, 0.2) is 24.5 Å². The fraction of sp³-hybridized carbons (Fsp3) is 0.545. The van der Waals surface area contributed by atoms with Crippen molar-refractivity contribution >= 4 is 5.69 Å². The molecule has 0 spiro atoms. The number of rotatable bonds is 1. The number of pyridine rings is 1. The van der Waals surface area contributed by atoms with E-state index in [9.17, 15) is 0 Å². The summed E-state index contributed by atoms with van der Waals surface area (Å²) < 4.78 is 5.65. The molecule has 2 rings (SSSR count). The Balaban J connectivity index is 0.00000112. The van der Waals surface area contributed by atoms with Crippen LogP contribution < -0.4 is 11.1 Å². The molecule has 0 radical (unpaired) electrons. The van der Waals surface area contributed by atoms with Gasteiger partial charge in [0.15, 0.2) is 0 Å². The predicted octanol–water partition coefficient (Wildman–Crippen LogP) is 1.86. The molecule has 1 aromatic heterocycles. The summed E-state index contributed by atoms with van der Waals surface area (Å²) in [6.07, 6.45) is 3.70. The van der Waals surface area contributed by atoms with Gasteiger partial charge in [-0.15, -0.1) is 0 Å². The van der Waals surface area contributed by atoms with Crippen LogP contribution in [0.25, 0.3) is 0 Å². The lowest BCUT2D eigenvalue weighted by Gasteiger charge is -2.39. The zero-order valence-corrected chi connectivity index (χ0v) is 9.44. The Morgan fingerprint density at radius 1 is 1.47 bits per heavy atom. The monoisotopic (exact) mass is 209 g/mol. The van der Waals surface area contributed by atoms with Gasteiger partial charge in [-0.1, -0.05) is 0 Å². The van der Waals surface area contributed by atoms with Crippen LogP contribution in [0.2, 0.25) is 0 Å². The fourth-order valence-electron chi connectivity index (χ4n) is 1.78. The van der Waals surface area contributed by atoms with Gasteiger partial charge in [0.2, 0.25) is 0 Å². The minimum absolute atomic E-state index is 0. The molecule has 1 aliphatic heterocycles. The van der Waals surface area contributed by atoms with Crippen LogP contribution in [-0.2, 0) is 4.74 Å². The molecule has 1 saturated heterocycles. The molecule has 84 valence electrons. The zero-order chi connectivity index (χ0) is 10.0. The molecule has 0 bridgehead atoms. The molecule has 0 unspecified atom stereocenters. The van der Waals surface area contributed by atoms with Gasteiger partial charge in [0.25, 0.3) is 0 Å². The van der Waals surface area contributed by atoms with Crippen LogP contribution in [0, 0.1) is 0 Å². The molecule has 4 heteroatoms. The van der Waals surface area contributed by atoms with Crippen LogP contribution in [0.3, 0.4) is 0 Å². The van der Waals surface area contributed by atoms with Gasteiger partial charge in [0.05, 0.1) is 24.1 Å². The third kappa shape index (κ3) is 2.91. The summed E-state index contributed by atoms with van der Waals surface area (Å²) in [5.74, 6) is 0. The molecule has 0 saturated carbocycles. The van der Waals surface area contributed by atoms with Crippen molar-refractivity contribution in [1.29, 1.82) is 0 Å². The second-order valence-corrected chi connectivity index (χ2v) is 4.24. The van der Waals surface area contributed by atoms with Crippen LogP contribution in [0.4, 0.5) is 5.69 Å². The number of hydrogen-bond acceptors (Lipinski definition) is 4. The van der Waals surface area contributed by atoms with Gasteiger partial charge in [-0.2, -0.15) is 0 Å². The van der Waals surface area contributed by atoms with E-state index in [0.29, 0.717) is 0 Å². The lowest BCUT2D eigenvalue weighted by Crippen LogP contribution is -2.48. The van der Waals surface area contributed by atoms with Crippen molar-refractivity contribution in [1.82, 2.24) is 11.1 Å². The summed E-state index contributed by atoms with van der Waals surface area (Å²) >= 11 is 0. The van der Waals surface area contributed by atoms with E-state index in [-0.39, 0.29) is 11.8 Å². The minimum Gasteiger partial charge on any atom is -0.372 e. The Labute approximate surface area is 90.8 Å². The minimum atomic E-state index is -0.0475. The van der Waals surface area contributed by atoms with Gasteiger partial charge in [0, 0.05) is 19.3 Å². The second-order valence-electron chi connectivity index (χ2n) is 4.24. The number of aromatic nitrogens is 1. The SMILES string of the molecule is CC1(C)CN(c2cccnc2)CCO1.N. The zero-order valence-electron chi connectivity index (χ0n) is 9.44. The molecule has 0 amide bonds. The summed E-state index contributed by atoms with van der Waals surface area (Å²) in [7, 11) is 0. The van der Waals surface area contributed by atoms with Crippen molar-refractivity contribution in [2.24, 2.45) is 0 Å².